The molecule has 1 aromatic heterocycles. The maximum absolute atomic E-state index is 13.7. The van der Waals surface area contributed by atoms with Gasteiger partial charge in [0, 0.05) is 11.0 Å². The Balaban J connectivity index is 1.90. The van der Waals surface area contributed by atoms with Gasteiger partial charge in [-0.15, -0.1) is 11.8 Å². The molecule has 3 rings (SSSR count). The lowest BCUT2D eigenvalue weighted by molar-refractivity contribution is 0.102. The normalized spacial score (nSPS) is 10.9. The lowest BCUT2D eigenvalue weighted by Gasteiger charge is -2.07. The Morgan fingerprint density at radius 3 is 2.87 bits per heavy atom. The highest BCUT2D eigenvalue weighted by molar-refractivity contribution is 7.99. The summed E-state index contributed by atoms with van der Waals surface area (Å²) >= 11 is 2.60. The molecule has 118 valence electrons. The van der Waals surface area contributed by atoms with E-state index in [9.17, 15) is 13.6 Å². The van der Waals surface area contributed by atoms with Crippen molar-refractivity contribution in [3.63, 3.8) is 0 Å². The van der Waals surface area contributed by atoms with E-state index in [1.807, 2.05) is 19.1 Å². The fraction of sp³-hybridized carbons (Fsp3) is 0.125. The van der Waals surface area contributed by atoms with Crippen LogP contribution in [0.15, 0.2) is 41.3 Å². The summed E-state index contributed by atoms with van der Waals surface area (Å²) in [5.74, 6) is -0.878. The van der Waals surface area contributed by atoms with Crippen molar-refractivity contribution in [2.45, 2.75) is 11.8 Å². The number of anilines is 1. The Hall–Kier alpha value is -1.99. The number of hydrogen-bond donors (Lipinski definition) is 1. The van der Waals surface area contributed by atoms with Crippen molar-refractivity contribution < 1.29 is 13.6 Å². The third kappa shape index (κ3) is 3.35. The first kappa shape index (κ1) is 15.9. The van der Waals surface area contributed by atoms with Gasteiger partial charge in [-0.3, -0.25) is 10.1 Å². The van der Waals surface area contributed by atoms with E-state index in [1.165, 1.54) is 6.07 Å². The zero-order chi connectivity index (χ0) is 16.4. The summed E-state index contributed by atoms with van der Waals surface area (Å²) in [5, 5.41) is 2.90. The Bertz CT molecular complexity index is 880. The third-order valence-corrected chi connectivity index (χ3v) is 4.94. The third-order valence-electron chi connectivity index (χ3n) is 3.07. The van der Waals surface area contributed by atoms with Gasteiger partial charge in [-0.2, -0.15) is 0 Å². The van der Waals surface area contributed by atoms with Gasteiger partial charge in [0.2, 0.25) is 0 Å². The van der Waals surface area contributed by atoms with Crippen molar-refractivity contribution in [3.8, 4) is 0 Å². The molecule has 1 amide bonds. The highest BCUT2D eigenvalue weighted by Gasteiger charge is 2.15. The summed E-state index contributed by atoms with van der Waals surface area (Å²) in [4.78, 5) is 17.3. The van der Waals surface area contributed by atoms with Crippen LogP contribution in [0.2, 0.25) is 0 Å². The van der Waals surface area contributed by atoms with Gasteiger partial charge in [-0.1, -0.05) is 30.4 Å². The van der Waals surface area contributed by atoms with E-state index in [0.29, 0.717) is 10.3 Å². The number of halogens is 2. The van der Waals surface area contributed by atoms with Crippen LogP contribution < -0.4 is 5.32 Å². The van der Waals surface area contributed by atoms with Gasteiger partial charge in [0.25, 0.3) is 5.91 Å². The number of aromatic nitrogens is 1. The van der Waals surface area contributed by atoms with Crippen molar-refractivity contribution in [2.24, 2.45) is 0 Å². The van der Waals surface area contributed by atoms with E-state index in [-0.39, 0.29) is 16.6 Å². The van der Waals surface area contributed by atoms with Crippen LogP contribution in [0.25, 0.3) is 10.2 Å². The second kappa shape index (κ2) is 6.64. The first-order valence-corrected chi connectivity index (χ1v) is 8.67. The molecule has 0 atom stereocenters. The summed E-state index contributed by atoms with van der Waals surface area (Å²) in [6.07, 6.45) is 0. The molecule has 0 radical (unpaired) electrons. The van der Waals surface area contributed by atoms with Crippen LogP contribution in [-0.2, 0) is 0 Å². The van der Waals surface area contributed by atoms with E-state index >= 15 is 0 Å². The lowest BCUT2D eigenvalue weighted by Crippen LogP contribution is -2.12. The quantitative estimate of drug-likeness (QED) is 0.678. The Morgan fingerprint density at radius 1 is 1.30 bits per heavy atom. The van der Waals surface area contributed by atoms with Gasteiger partial charge in [0.05, 0.1) is 10.3 Å². The first-order chi connectivity index (χ1) is 11.1. The molecule has 1 N–H and O–H groups in total. The van der Waals surface area contributed by atoms with Gasteiger partial charge >= 0.3 is 0 Å². The van der Waals surface area contributed by atoms with E-state index in [4.69, 9.17) is 0 Å². The van der Waals surface area contributed by atoms with Gasteiger partial charge < -0.3 is 0 Å². The van der Waals surface area contributed by atoms with Crippen LogP contribution in [0, 0.1) is 11.6 Å². The maximum atomic E-state index is 13.7. The fourth-order valence-corrected chi connectivity index (χ4v) is 3.81. The minimum atomic E-state index is -0.737. The summed E-state index contributed by atoms with van der Waals surface area (Å²) in [6.45, 7) is 2.00. The van der Waals surface area contributed by atoms with Crippen LogP contribution in [0.5, 0.6) is 0 Å². The molecule has 1 heterocycles. The van der Waals surface area contributed by atoms with Crippen LogP contribution in [0.3, 0.4) is 0 Å². The molecular formula is C16H12F2N2OS2. The molecule has 2 aromatic carbocycles. The smallest absolute Gasteiger partial charge is 0.258 e. The van der Waals surface area contributed by atoms with Crippen LogP contribution >= 0.6 is 23.1 Å². The molecule has 0 saturated heterocycles. The monoisotopic (exact) mass is 350 g/mol. The number of carbonyl (C=O) groups excluding carboxylic acids is 1. The number of benzene rings is 2. The zero-order valence-electron chi connectivity index (χ0n) is 12.1. The number of thioether (sulfide) groups is 1. The average Bonchev–Trinajstić information content (AvgIpc) is 2.90. The second-order valence-corrected chi connectivity index (χ2v) is 6.97. The van der Waals surface area contributed by atoms with E-state index in [1.54, 1.807) is 23.9 Å². The number of nitrogens with zero attached hydrogens (tertiary/aromatic N) is 1. The number of nitrogens with one attached hydrogen (secondary N) is 1. The lowest BCUT2D eigenvalue weighted by atomic mass is 10.2. The predicted octanol–water partition coefficient (Wildman–Crippen LogP) is 4.94. The highest BCUT2D eigenvalue weighted by Crippen LogP contribution is 2.30. The molecular weight excluding hydrogens is 338 g/mol. The molecule has 0 bridgehead atoms. The summed E-state index contributed by atoms with van der Waals surface area (Å²) in [5.41, 5.74) is 0.591. The van der Waals surface area contributed by atoms with E-state index in [0.717, 1.165) is 28.1 Å². The summed E-state index contributed by atoms with van der Waals surface area (Å²) in [7, 11) is 0. The predicted molar refractivity (Wildman–Crippen MR) is 90.3 cm³/mol. The molecule has 0 unspecified atom stereocenters. The number of fused-ring (bicyclic) bond motifs is 1. The number of rotatable bonds is 4. The SMILES string of the molecule is CCSc1ccccc1C(=O)Nc1nc2c(F)cc(F)cc2s1. The van der Waals surface area contributed by atoms with E-state index < -0.39 is 11.6 Å². The molecule has 3 nitrogen and oxygen atoms in total. The van der Waals surface area contributed by atoms with Crippen molar-refractivity contribution in [3.05, 3.63) is 53.6 Å². The van der Waals surface area contributed by atoms with Gasteiger partial charge in [-0.05, 0) is 24.0 Å². The number of carbonyl (C=O) groups is 1. The number of amides is 1. The first-order valence-electron chi connectivity index (χ1n) is 6.87. The van der Waals surface area contributed by atoms with Gasteiger partial charge in [0.15, 0.2) is 10.9 Å². The number of hydrogen-bond acceptors (Lipinski definition) is 4. The standard InChI is InChI=1S/C16H12F2N2OS2/c1-2-22-12-6-4-3-5-10(12)15(21)20-16-19-14-11(18)7-9(17)8-13(14)23-16/h3-8H,2H2,1H3,(H,19,20,21). The van der Waals surface area contributed by atoms with Crippen molar-refractivity contribution in [1.82, 2.24) is 4.98 Å². The molecule has 0 fully saturated rings. The highest BCUT2D eigenvalue weighted by atomic mass is 32.2. The Labute approximate surface area is 139 Å². The topological polar surface area (TPSA) is 42.0 Å². The Kier molecular flexibility index (Phi) is 4.58. The molecule has 0 aliphatic rings. The molecule has 0 aliphatic carbocycles. The molecule has 0 spiro atoms. The average molecular weight is 350 g/mol. The van der Waals surface area contributed by atoms with Gasteiger partial charge in [-0.25, -0.2) is 13.8 Å². The molecule has 3 aromatic rings. The molecule has 7 heteroatoms. The van der Waals surface area contributed by atoms with Crippen LogP contribution in [-0.4, -0.2) is 16.6 Å². The minimum Gasteiger partial charge on any atom is -0.298 e. The molecule has 0 aliphatic heterocycles. The van der Waals surface area contributed by atoms with E-state index in [2.05, 4.69) is 10.3 Å². The van der Waals surface area contributed by atoms with Crippen molar-refractivity contribution >= 4 is 44.4 Å². The molecule has 23 heavy (non-hydrogen) atoms. The largest absolute Gasteiger partial charge is 0.298 e. The number of thiazole rings is 1. The van der Waals surface area contributed by atoms with Crippen molar-refractivity contribution in [1.29, 1.82) is 0 Å². The second-order valence-electron chi connectivity index (χ2n) is 4.64. The van der Waals surface area contributed by atoms with Crippen LogP contribution in [0.4, 0.5) is 13.9 Å². The minimum absolute atomic E-state index is 0.0583. The summed E-state index contributed by atoms with van der Waals surface area (Å²) < 4.78 is 27.2. The summed E-state index contributed by atoms with van der Waals surface area (Å²) in [6, 6.07) is 9.22. The maximum Gasteiger partial charge on any atom is 0.258 e. The molecule has 0 saturated carbocycles. The van der Waals surface area contributed by atoms with Crippen LogP contribution in [0.1, 0.15) is 17.3 Å². The van der Waals surface area contributed by atoms with Crippen molar-refractivity contribution in [2.75, 3.05) is 11.1 Å². The fourth-order valence-electron chi connectivity index (χ4n) is 2.11. The zero-order valence-corrected chi connectivity index (χ0v) is 13.7. The van der Waals surface area contributed by atoms with Gasteiger partial charge in [0.1, 0.15) is 11.3 Å². The Morgan fingerprint density at radius 2 is 2.09 bits per heavy atom.